The molecule has 0 aromatic carbocycles. The standard InChI is InChI=1S/C11H18N4OS/c1-3-9-10(17-14-13-9)11(16)15-5-4-8(7-15)6-12-2/h8,12H,3-7H2,1-2H3. The van der Waals surface area contributed by atoms with Crippen LogP contribution in [0.15, 0.2) is 0 Å². The van der Waals surface area contributed by atoms with Gasteiger partial charge in [0, 0.05) is 13.1 Å². The Morgan fingerprint density at radius 3 is 3.18 bits per heavy atom. The molecule has 1 aliphatic heterocycles. The van der Waals surface area contributed by atoms with Gasteiger partial charge in [0.25, 0.3) is 5.91 Å². The molecular formula is C11H18N4OS. The number of rotatable bonds is 4. The lowest BCUT2D eigenvalue weighted by Gasteiger charge is -2.15. The number of carbonyl (C=O) groups is 1. The fraction of sp³-hybridized carbons (Fsp3) is 0.727. The fourth-order valence-electron chi connectivity index (χ4n) is 2.22. The van der Waals surface area contributed by atoms with Gasteiger partial charge in [0.15, 0.2) is 0 Å². The molecule has 5 nitrogen and oxygen atoms in total. The summed E-state index contributed by atoms with van der Waals surface area (Å²) in [7, 11) is 1.95. The number of nitrogens with zero attached hydrogens (tertiary/aromatic N) is 3. The van der Waals surface area contributed by atoms with E-state index in [-0.39, 0.29) is 5.91 Å². The Kier molecular flexibility index (Phi) is 4.06. The van der Waals surface area contributed by atoms with Crippen molar-refractivity contribution in [3.63, 3.8) is 0 Å². The van der Waals surface area contributed by atoms with E-state index in [0.717, 1.165) is 43.0 Å². The van der Waals surface area contributed by atoms with Gasteiger partial charge in [-0.25, -0.2) is 0 Å². The minimum absolute atomic E-state index is 0.107. The zero-order chi connectivity index (χ0) is 12.3. The summed E-state index contributed by atoms with van der Waals surface area (Å²) in [4.78, 5) is 14.9. The van der Waals surface area contributed by atoms with Crippen molar-refractivity contribution >= 4 is 17.4 Å². The third-order valence-corrected chi connectivity index (χ3v) is 3.91. The highest BCUT2D eigenvalue weighted by Gasteiger charge is 2.28. The van der Waals surface area contributed by atoms with Gasteiger partial charge in [0.2, 0.25) is 0 Å². The van der Waals surface area contributed by atoms with E-state index >= 15 is 0 Å². The van der Waals surface area contributed by atoms with Crippen LogP contribution in [0.4, 0.5) is 0 Å². The minimum atomic E-state index is 0.107. The summed E-state index contributed by atoms with van der Waals surface area (Å²) < 4.78 is 3.87. The van der Waals surface area contributed by atoms with Gasteiger partial charge in [0.1, 0.15) is 4.88 Å². The summed E-state index contributed by atoms with van der Waals surface area (Å²) in [5.74, 6) is 0.686. The van der Waals surface area contributed by atoms with Crippen LogP contribution in [-0.4, -0.2) is 47.1 Å². The van der Waals surface area contributed by atoms with E-state index in [0.29, 0.717) is 5.92 Å². The van der Waals surface area contributed by atoms with Crippen LogP contribution in [0, 0.1) is 5.92 Å². The number of likely N-dealkylation sites (tertiary alicyclic amines) is 1. The summed E-state index contributed by atoms with van der Waals surface area (Å²) in [5, 5.41) is 7.16. The molecule has 1 aromatic rings. The van der Waals surface area contributed by atoms with Gasteiger partial charge in [-0.1, -0.05) is 11.4 Å². The third kappa shape index (κ3) is 2.63. The lowest BCUT2D eigenvalue weighted by Crippen LogP contribution is -2.30. The largest absolute Gasteiger partial charge is 0.338 e. The maximum absolute atomic E-state index is 12.3. The van der Waals surface area contributed by atoms with Crippen molar-refractivity contribution in [2.75, 3.05) is 26.7 Å². The highest BCUT2D eigenvalue weighted by molar-refractivity contribution is 7.08. The Hall–Kier alpha value is -1.01. The first-order chi connectivity index (χ1) is 8.26. The molecule has 0 saturated carbocycles. The first-order valence-electron chi connectivity index (χ1n) is 6.01. The average molecular weight is 254 g/mol. The normalized spacial score (nSPS) is 19.9. The summed E-state index contributed by atoms with van der Waals surface area (Å²) in [5.41, 5.74) is 0.831. The first-order valence-corrected chi connectivity index (χ1v) is 6.78. The van der Waals surface area contributed by atoms with Gasteiger partial charge in [-0.15, -0.1) is 5.10 Å². The molecule has 6 heteroatoms. The Labute approximate surface area is 105 Å². The van der Waals surface area contributed by atoms with E-state index in [1.807, 2.05) is 18.9 Å². The number of nitrogens with one attached hydrogen (secondary N) is 1. The molecule has 2 rings (SSSR count). The number of hydrogen-bond donors (Lipinski definition) is 1. The quantitative estimate of drug-likeness (QED) is 0.863. The number of aromatic nitrogens is 2. The number of hydrogen-bond acceptors (Lipinski definition) is 5. The lowest BCUT2D eigenvalue weighted by atomic mass is 10.1. The molecule has 94 valence electrons. The molecule has 1 fully saturated rings. The molecule has 1 saturated heterocycles. The molecule has 1 aliphatic rings. The van der Waals surface area contributed by atoms with Gasteiger partial charge in [-0.05, 0) is 43.9 Å². The predicted molar refractivity (Wildman–Crippen MR) is 67.2 cm³/mol. The van der Waals surface area contributed by atoms with Gasteiger partial charge in [-0.2, -0.15) is 0 Å². The van der Waals surface area contributed by atoms with Crippen molar-refractivity contribution in [3.8, 4) is 0 Å². The van der Waals surface area contributed by atoms with E-state index in [1.54, 1.807) is 0 Å². The fourth-order valence-corrected chi connectivity index (χ4v) is 2.94. The molecule has 1 atom stereocenters. The molecule has 1 amide bonds. The van der Waals surface area contributed by atoms with Crippen LogP contribution in [-0.2, 0) is 6.42 Å². The summed E-state index contributed by atoms with van der Waals surface area (Å²) >= 11 is 1.22. The zero-order valence-electron chi connectivity index (χ0n) is 10.3. The second-order valence-corrected chi connectivity index (χ2v) is 5.12. The molecule has 0 bridgehead atoms. The molecule has 1 unspecified atom stereocenters. The predicted octanol–water partition coefficient (Wildman–Crippen LogP) is 0.782. The van der Waals surface area contributed by atoms with Crippen molar-refractivity contribution < 1.29 is 4.79 Å². The average Bonchev–Trinajstić information content (AvgIpc) is 2.96. The van der Waals surface area contributed by atoms with Crippen LogP contribution in [0.5, 0.6) is 0 Å². The van der Waals surface area contributed by atoms with E-state index in [2.05, 4.69) is 14.9 Å². The van der Waals surface area contributed by atoms with Gasteiger partial charge in [-0.3, -0.25) is 4.79 Å². The summed E-state index contributed by atoms with van der Waals surface area (Å²) in [6.45, 7) is 4.68. The molecule has 0 spiro atoms. The monoisotopic (exact) mass is 254 g/mol. The van der Waals surface area contributed by atoms with Gasteiger partial charge in [0.05, 0.1) is 5.69 Å². The SMILES string of the molecule is CCc1nnsc1C(=O)N1CCC(CNC)C1. The molecule has 2 heterocycles. The highest BCUT2D eigenvalue weighted by atomic mass is 32.1. The van der Waals surface area contributed by atoms with Crippen LogP contribution in [0.1, 0.15) is 28.7 Å². The van der Waals surface area contributed by atoms with Gasteiger partial charge >= 0.3 is 0 Å². The van der Waals surface area contributed by atoms with Crippen molar-refractivity contribution in [2.24, 2.45) is 5.92 Å². The van der Waals surface area contributed by atoms with Crippen LogP contribution in [0.25, 0.3) is 0 Å². The second-order valence-electron chi connectivity index (χ2n) is 4.37. The Morgan fingerprint density at radius 1 is 1.65 bits per heavy atom. The molecule has 0 radical (unpaired) electrons. The molecule has 1 N–H and O–H groups in total. The number of amides is 1. The smallest absolute Gasteiger partial charge is 0.267 e. The Balaban J connectivity index is 2.02. The molecule has 0 aliphatic carbocycles. The maximum Gasteiger partial charge on any atom is 0.267 e. The van der Waals surface area contributed by atoms with Crippen LogP contribution in [0.3, 0.4) is 0 Å². The summed E-state index contributed by atoms with van der Waals surface area (Å²) in [6.07, 6.45) is 1.85. The Bertz CT molecular complexity index is 393. The van der Waals surface area contributed by atoms with Crippen molar-refractivity contribution in [2.45, 2.75) is 19.8 Å². The number of aryl methyl sites for hydroxylation is 1. The highest BCUT2D eigenvalue weighted by Crippen LogP contribution is 2.21. The van der Waals surface area contributed by atoms with Crippen molar-refractivity contribution in [1.82, 2.24) is 19.8 Å². The van der Waals surface area contributed by atoms with Crippen molar-refractivity contribution in [1.29, 1.82) is 0 Å². The van der Waals surface area contributed by atoms with E-state index in [4.69, 9.17) is 0 Å². The Morgan fingerprint density at radius 2 is 2.47 bits per heavy atom. The zero-order valence-corrected chi connectivity index (χ0v) is 11.1. The third-order valence-electron chi connectivity index (χ3n) is 3.15. The van der Waals surface area contributed by atoms with E-state index in [1.165, 1.54) is 11.5 Å². The van der Waals surface area contributed by atoms with E-state index in [9.17, 15) is 4.79 Å². The summed E-state index contributed by atoms with van der Waals surface area (Å²) in [6, 6.07) is 0. The topological polar surface area (TPSA) is 58.1 Å². The van der Waals surface area contributed by atoms with E-state index < -0.39 is 0 Å². The molecule has 17 heavy (non-hydrogen) atoms. The van der Waals surface area contributed by atoms with Crippen LogP contribution < -0.4 is 5.32 Å². The number of carbonyl (C=O) groups excluding carboxylic acids is 1. The molecule has 1 aromatic heterocycles. The van der Waals surface area contributed by atoms with Crippen LogP contribution >= 0.6 is 11.5 Å². The van der Waals surface area contributed by atoms with Crippen LogP contribution in [0.2, 0.25) is 0 Å². The van der Waals surface area contributed by atoms with Crippen molar-refractivity contribution in [3.05, 3.63) is 10.6 Å². The molecular weight excluding hydrogens is 236 g/mol. The lowest BCUT2D eigenvalue weighted by molar-refractivity contribution is 0.0790. The van der Waals surface area contributed by atoms with Gasteiger partial charge < -0.3 is 10.2 Å². The second kappa shape index (κ2) is 5.55. The maximum atomic E-state index is 12.3. The first kappa shape index (κ1) is 12.4. The minimum Gasteiger partial charge on any atom is -0.338 e.